The van der Waals surface area contributed by atoms with Crippen LogP contribution in [0.15, 0.2) is 167 Å². The first-order valence-corrected chi connectivity index (χ1v) is 15.1. The zero-order valence-corrected chi connectivity index (χ0v) is 23.8. The van der Waals surface area contributed by atoms with Crippen molar-refractivity contribution in [2.24, 2.45) is 0 Å². The molecule has 194 valence electrons. The second-order valence-electron chi connectivity index (χ2n) is 9.07. The third-order valence-electron chi connectivity index (χ3n) is 6.33. The number of rotatable bonds is 10. The maximum absolute atomic E-state index is 2.22. The molecule has 0 aliphatic carbocycles. The molecule has 0 N–H and O–H groups in total. The molecular formula is C38H30S2. The van der Waals surface area contributed by atoms with Crippen molar-refractivity contribution in [1.29, 1.82) is 0 Å². The molecule has 0 heterocycles. The molecule has 0 unspecified atom stereocenters. The van der Waals surface area contributed by atoms with Gasteiger partial charge in [0.1, 0.15) is 0 Å². The molecule has 5 aromatic rings. The van der Waals surface area contributed by atoms with E-state index in [0.29, 0.717) is 0 Å². The van der Waals surface area contributed by atoms with Crippen LogP contribution < -0.4 is 0 Å². The molecule has 0 aromatic heterocycles. The molecule has 0 saturated carbocycles. The Bertz CT molecular complexity index is 1370. The van der Waals surface area contributed by atoms with Gasteiger partial charge >= 0.3 is 0 Å². The van der Waals surface area contributed by atoms with Crippen LogP contribution in [0.2, 0.25) is 0 Å². The molecule has 0 nitrogen and oxygen atoms in total. The Hall–Kier alpha value is -4.24. The fourth-order valence-corrected chi connectivity index (χ4v) is 5.69. The van der Waals surface area contributed by atoms with E-state index in [1.807, 2.05) is 0 Å². The van der Waals surface area contributed by atoms with Crippen molar-refractivity contribution in [3.05, 3.63) is 201 Å². The first-order valence-electron chi connectivity index (χ1n) is 13.2. The van der Waals surface area contributed by atoms with Gasteiger partial charge in [-0.15, -0.1) is 23.5 Å². The van der Waals surface area contributed by atoms with Crippen molar-refractivity contribution in [2.75, 3.05) is 0 Å². The van der Waals surface area contributed by atoms with Crippen molar-refractivity contribution >= 4 is 46.8 Å². The van der Waals surface area contributed by atoms with E-state index in [2.05, 4.69) is 179 Å². The second-order valence-corrected chi connectivity index (χ2v) is 10.6. The zero-order valence-electron chi connectivity index (χ0n) is 22.1. The molecule has 5 aromatic carbocycles. The van der Waals surface area contributed by atoms with Crippen LogP contribution in [0.25, 0.3) is 23.3 Å². The quantitative estimate of drug-likeness (QED) is 0.170. The fourth-order valence-electron chi connectivity index (χ4n) is 4.24. The first-order chi connectivity index (χ1) is 19.9. The van der Waals surface area contributed by atoms with Crippen molar-refractivity contribution in [3.63, 3.8) is 0 Å². The topological polar surface area (TPSA) is 0 Å². The molecule has 0 aliphatic rings. The standard InChI is InChI=1S/C38H30S2/c1-5-13-33(14-6-1)37(34-15-7-2-8-16-34)29-39-27-25-31-21-23-32(24-22-31)26-28-40-30-38(35-17-9-3-10-18-35)36-19-11-4-12-20-36/h1-30H/b27-25+,28-26+. The summed E-state index contributed by atoms with van der Waals surface area (Å²) in [4.78, 5) is 0. The van der Waals surface area contributed by atoms with Gasteiger partial charge in [0.05, 0.1) is 0 Å². The smallest absolute Gasteiger partial charge is 0.00450 e. The minimum absolute atomic E-state index is 1.18. The van der Waals surface area contributed by atoms with E-state index < -0.39 is 0 Å². The summed E-state index contributed by atoms with van der Waals surface area (Å²) >= 11 is 3.40. The van der Waals surface area contributed by atoms with E-state index in [0.717, 1.165) is 0 Å². The third-order valence-corrected chi connectivity index (χ3v) is 7.66. The minimum atomic E-state index is 1.18. The van der Waals surface area contributed by atoms with Gasteiger partial charge in [0.15, 0.2) is 0 Å². The lowest BCUT2D eigenvalue weighted by atomic mass is 10.00. The average molecular weight is 551 g/mol. The Balaban J connectivity index is 1.22. The maximum atomic E-state index is 2.22. The van der Waals surface area contributed by atoms with Gasteiger partial charge in [-0.1, -0.05) is 146 Å². The summed E-state index contributed by atoms with van der Waals surface area (Å²) in [6.45, 7) is 0. The number of thioether (sulfide) groups is 2. The molecule has 5 rings (SSSR count). The highest BCUT2D eigenvalue weighted by Gasteiger charge is 2.04. The van der Waals surface area contributed by atoms with Crippen LogP contribution in [0.4, 0.5) is 0 Å². The summed E-state index contributed by atoms with van der Waals surface area (Å²) in [5, 5.41) is 8.74. The van der Waals surface area contributed by atoms with Crippen LogP contribution in [0.3, 0.4) is 0 Å². The van der Waals surface area contributed by atoms with Crippen LogP contribution >= 0.6 is 23.5 Å². The second kappa shape index (κ2) is 14.8. The van der Waals surface area contributed by atoms with E-state index >= 15 is 0 Å². The van der Waals surface area contributed by atoms with Crippen LogP contribution in [0, 0.1) is 0 Å². The van der Waals surface area contributed by atoms with E-state index in [9.17, 15) is 0 Å². The highest BCUT2D eigenvalue weighted by Crippen LogP contribution is 2.28. The molecule has 0 bridgehead atoms. The normalized spacial score (nSPS) is 11.0. The molecule has 0 fully saturated rings. The summed E-state index contributed by atoms with van der Waals surface area (Å²) in [6, 6.07) is 50.8. The monoisotopic (exact) mass is 550 g/mol. The van der Waals surface area contributed by atoms with Gasteiger partial charge in [0, 0.05) is 0 Å². The summed E-state index contributed by atoms with van der Waals surface area (Å²) in [5.74, 6) is 0. The van der Waals surface area contributed by atoms with Gasteiger partial charge in [-0.05, 0) is 78.3 Å². The molecule has 0 amide bonds. The third kappa shape index (κ3) is 7.89. The lowest BCUT2D eigenvalue weighted by molar-refractivity contribution is 1.55. The molecule has 0 atom stereocenters. The summed E-state index contributed by atoms with van der Waals surface area (Å²) < 4.78 is 0. The number of hydrogen-bond acceptors (Lipinski definition) is 2. The number of hydrogen-bond donors (Lipinski definition) is 0. The van der Waals surface area contributed by atoms with E-state index in [4.69, 9.17) is 0 Å². The van der Waals surface area contributed by atoms with E-state index in [1.54, 1.807) is 23.5 Å². The van der Waals surface area contributed by atoms with Crippen LogP contribution in [-0.4, -0.2) is 0 Å². The summed E-state index contributed by atoms with van der Waals surface area (Å²) in [6.07, 6.45) is 4.32. The lowest BCUT2D eigenvalue weighted by Crippen LogP contribution is -1.86. The SMILES string of the molecule is C(S/C=C/c1ccc(/C=C/SC=C(c2ccccc2)c2ccccc2)cc1)=C(c1ccccc1)c1ccccc1. The highest BCUT2D eigenvalue weighted by molar-refractivity contribution is 8.05. The van der Waals surface area contributed by atoms with Gasteiger partial charge in [0.25, 0.3) is 0 Å². The predicted molar refractivity (Wildman–Crippen MR) is 180 cm³/mol. The molecule has 2 heteroatoms. The van der Waals surface area contributed by atoms with Gasteiger partial charge < -0.3 is 0 Å². The predicted octanol–water partition coefficient (Wildman–Crippen LogP) is 11.3. The fraction of sp³-hybridized carbons (Fsp3) is 0. The Kier molecular flexibility index (Phi) is 10.1. The van der Waals surface area contributed by atoms with Crippen LogP contribution in [0.5, 0.6) is 0 Å². The van der Waals surface area contributed by atoms with Gasteiger partial charge in [-0.3, -0.25) is 0 Å². The van der Waals surface area contributed by atoms with Crippen LogP contribution in [0.1, 0.15) is 33.4 Å². The first kappa shape index (κ1) is 27.3. The Labute approximate surface area is 246 Å². The van der Waals surface area contributed by atoms with Gasteiger partial charge in [-0.25, -0.2) is 0 Å². The zero-order chi connectivity index (χ0) is 27.2. The Morgan fingerprint density at radius 1 is 0.350 bits per heavy atom. The van der Waals surface area contributed by atoms with Gasteiger partial charge in [0.2, 0.25) is 0 Å². The summed E-state index contributed by atoms with van der Waals surface area (Å²) in [7, 11) is 0. The Morgan fingerprint density at radius 2 is 0.625 bits per heavy atom. The number of benzene rings is 5. The van der Waals surface area contributed by atoms with Crippen molar-refractivity contribution in [1.82, 2.24) is 0 Å². The minimum Gasteiger partial charge on any atom is -0.105 e. The average Bonchev–Trinajstić information content (AvgIpc) is 3.03. The molecule has 0 spiro atoms. The summed E-state index contributed by atoms with van der Waals surface area (Å²) in [5.41, 5.74) is 9.70. The van der Waals surface area contributed by atoms with Gasteiger partial charge in [-0.2, -0.15) is 0 Å². The van der Waals surface area contributed by atoms with Crippen LogP contribution in [-0.2, 0) is 0 Å². The maximum Gasteiger partial charge on any atom is -0.00450 e. The lowest BCUT2D eigenvalue weighted by Gasteiger charge is -2.07. The van der Waals surface area contributed by atoms with Crippen molar-refractivity contribution < 1.29 is 0 Å². The largest absolute Gasteiger partial charge is 0.105 e. The highest BCUT2D eigenvalue weighted by atomic mass is 32.2. The van der Waals surface area contributed by atoms with Crippen molar-refractivity contribution in [2.45, 2.75) is 0 Å². The Morgan fingerprint density at radius 3 is 0.900 bits per heavy atom. The molecule has 40 heavy (non-hydrogen) atoms. The van der Waals surface area contributed by atoms with E-state index in [1.165, 1.54) is 44.5 Å². The molecule has 0 radical (unpaired) electrons. The van der Waals surface area contributed by atoms with Crippen molar-refractivity contribution in [3.8, 4) is 0 Å². The molecule has 0 saturated heterocycles. The van der Waals surface area contributed by atoms with E-state index in [-0.39, 0.29) is 0 Å². The molecule has 0 aliphatic heterocycles. The molecular weight excluding hydrogens is 521 g/mol.